The fourth-order valence-corrected chi connectivity index (χ4v) is 5.78. The van der Waals surface area contributed by atoms with E-state index in [9.17, 15) is 18.0 Å². The SMILES string of the molecule is Cc1ccc(CN(C(=O)CN(c2cc(C)cc(C)c2)S(=O)(=O)c2ccc(C)cc2)[C@H](C)C(=O)NCC(C)C)cc1. The normalized spacial score (nSPS) is 12.2. The second-order valence-electron chi connectivity index (χ2n) is 11.0. The van der Waals surface area contributed by atoms with Crippen LogP contribution in [-0.2, 0) is 26.2 Å². The lowest BCUT2D eigenvalue weighted by Crippen LogP contribution is -2.51. The Balaban J connectivity index is 2.04. The van der Waals surface area contributed by atoms with E-state index in [1.165, 1.54) is 4.90 Å². The minimum atomic E-state index is -4.09. The second kappa shape index (κ2) is 13.1. The van der Waals surface area contributed by atoms with Crippen LogP contribution in [-0.4, -0.2) is 44.3 Å². The average molecular weight is 564 g/mol. The van der Waals surface area contributed by atoms with Crippen LogP contribution in [0.5, 0.6) is 0 Å². The Kier molecular flexibility index (Phi) is 10.1. The number of rotatable bonds is 11. The van der Waals surface area contributed by atoms with Crippen LogP contribution in [0.15, 0.2) is 71.6 Å². The smallest absolute Gasteiger partial charge is 0.264 e. The van der Waals surface area contributed by atoms with Gasteiger partial charge in [-0.1, -0.05) is 67.4 Å². The average Bonchev–Trinajstić information content (AvgIpc) is 2.89. The minimum absolute atomic E-state index is 0.0952. The molecule has 0 heterocycles. The van der Waals surface area contributed by atoms with Crippen LogP contribution in [0.1, 0.15) is 48.6 Å². The highest BCUT2D eigenvalue weighted by Crippen LogP contribution is 2.27. The molecule has 0 aliphatic carbocycles. The fraction of sp³-hybridized carbons (Fsp3) is 0.375. The first kappa shape index (κ1) is 30.9. The number of aryl methyl sites for hydroxylation is 4. The molecule has 0 fully saturated rings. The molecule has 2 amide bonds. The van der Waals surface area contributed by atoms with Crippen molar-refractivity contribution < 1.29 is 18.0 Å². The predicted octanol–water partition coefficient (Wildman–Crippen LogP) is 5.31. The van der Waals surface area contributed by atoms with Gasteiger partial charge in [0.1, 0.15) is 12.6 Å². The van der Waals surface area contributed by atoms with Gasteiger partial charge in [0.2, 0.25) is 11.8 Å². The molecule has 8 heteroatoms. The molecule has 0 spiro atoms. The molecule has 3 rings (SSSR count). The Morgan fingerprint density at radius 1 is 0.775 bits per heavy atom. The Morgan fingerprint density at radius 2 is 1.30 bits per heavy atom. The molecule has 0 bridgehead atoms. The number of hydrogen-bond acceptors (Lipinski definition) is 4. The molecule has 0 radical (unpaired) electrons. The lowest BCUT2D eigenvalue weighted by atomic mass is 10.1. The van der Waals surface area contributed by atoms with Crippen LogP contribution in [0.2, 0.25) is 0 Å². The van der Waals surface area contributed by atoms with Gasteiger partial charge in [-0.15, -0.1) is 0 Å². The molecule has 0 aliphatic heterocycles. The van der Waals surface area contributed by atoms with Crippen molar-refractivity contribution in [3.63, 3.8) is 0 Å². The maximum atomic E-state index is 14.0. The molecule has 0 aromatic heterocycles. The highest BCUT2D eigenvalue weighted by Gasteiger charge is 2.32. The summed E-state index contributed by atoms with van der Waals surface area (Å²) in [5.41, 5.74) is 5.02. The molecule has 1 atom stereocenters. The van der Waals surface area contributed by atoms with E-state index < -0.39 is 28.5 Å². The largest absolute Gasteiger partial charge is 0.354 e. The summed E-state index contributed by atoms with van der Waals surface area (Å²) in [6, 6.07) is 19.0. The number of benzene rings is 3. The van der Waals surface area contributed by atoms with Gasteiger partial charge in [-0.05, 0) is 81.5 Å². The van der Waals surface area contributed by atoms with E-state index >= 15 is 0 Å². The predicted molar refractivity (Wildman–Crippen MR) is 161 cm³/mol. The number of anilines is 1. The zero-order chi connectivity index (χ0) is 29.6. The summed E-state index contributed by atoms with van der Waals surface area (Å²) < 4.78 is 29.1. The first-order valence-corrected chi connectivity index (χ1v) is 15.0. The van der Waals surface area contributed by atoms with Gasteiger partial charge in [0.25, 0.3) is 10.0 Å². The molecule has 1 N–H and O–H groups in total. The van der Waals surface area contributed by atoms with E-state index in [2.05, 4.69) is 5.32 Å². The van der Waals surface area contributed by atoms with E-state index in [0.717, 1.165) is 32.1 Å². The molecule has 214 valence electrons. The van der Waals surface area contributed by atoms with Gasteiger partial charge in [-0.25, -0.2) is 8.42 Å². The molecule has 7 nitrogen and oxygen atoms in total. The highest BCUT2D eigenvalue weighted by atomic mass is 32.2. The molecule has 0 aliphatic rings. The van der Waals surface area contributed by atoms with Crippen molar-refractivity contribution in [3.8, 4) is 0 Å². The van der Waals surface area contributed by atoms with Gasteiger partial charge in [0.05, 0.1) is 10.6 Å². The first-order valence-electron chi connectivity index (χ1n) is 13.6. The number of amides is 2. The molecule has 3 aromatic rings. The Labute approximate surface area is 239 Å². The molecule has 0 saturated carbocycles. The summed E-state index contributed by atoms with van der Waals surface area (Å²) in [6.07, 6.45) is 0. The Morgan fingerprint density at radius 3 is 1.82 bits per heavy atom. The third-order valence-electron chi connectivity index (χ3n) is 6.71. The lowest BCUT2D eigenvalue weighted by molar-refractivity contribution is -0.139. The second-order valence-corrected chi connectivity index (χ2v) is 12.9. The summed E-state index contributed by atoms with van der Waals surface area (Å²) in [5, 5.41) is 2.91. The van der Waals surface area contributed by atoms with Crippen molar-refractivity contribution in [1.29, 1.82) is 0 Å². The zero-order valence-electron chi connectivity index (χ0n) is 24.6. The number of nitrogens with one attached hydrogen (secondary N) is 1. The van der Waals surface area contributed by atoms with Crippen LogP contribution in [0.25, 0.3) is 0 Å². The van der Waals surface area contributed by atoms with Gasteiger partial charge in [-0.2, -0.15) is 0 Å². The summed E-state index contributed by atoms with van der Waals surface area (Å²) in [7, 11) is -4.09. The van der Waals surface area contributed by atoms with Crippen LogP contribution in [0.3, 0.4) is 0 Å². The van der Waals surface area contributed by atoms with Gasteiger partial charge < -0.3 is 10.2 Å². The van der Waals surface area contributed by atoms with Gasteiger partial charge >= 0.3 is 0 Å². The summed E-state index contributed by atoms with van der Waals surface area (Å²) >= 11 is 0. The highest BCUT2D eigenvalue weighted by molar-refractivity contribution is 7.92. The number of carbonyl (C=O) groups excluding carboxylic acids is 2. The summed E-state index contributed by atoms with van der Waals surface area (Å²) in [6.45, 7) is 13.5. The van der Waals surface area contributed by atoms with Crippen molar-refractivity contribution in [1.82, 2.24) is 10.2 Å². The monoisotopic (exact) mass is 563 g/mol. The molecule has 0 saturated heterocycles. The first-order chi connectivity index (χ1) is 18.8. The van der Waals surface area contributed by atoms with Crippen molar-refractivity contribution in [2.24, 2.45) is 5.92 Å². The molecular formula is C32H41N3O4S. The molecule has 40 heavy (non-hydrogen) atoms. The third kappa shape index (κ3) is 7.94. The number of carbonyl (C=O) groups is 2. The maximum Gasteiger partial charge on any atom is 0.264 e. The van der Waals surface area contributed by atoms with Crippen LogP contribution < -0.4 is 9.62 Å². The van der Waals surface area contributed by atoms with Gasteiger partial charge in [-0.3, -0.25) is 13.9 Å². The maximum absolute atomic E-state index is 14.0. The van der Waals surface area contributed by atoms with Crippen LogP contribution in [0.4, 0.5) is 5.69 Å². The Hall–Kier alpha value is -3.65. The molecule has 0 unspecified atom stereocenters. The number of sulfonamides is 1. The summed E-state index contributed by atoms with van der Waals surface area (Å²) in [4.78, 5) is 28.7. The Bertz CT molecular complexity index is 1410. The van der Waals surface area contributed by atoms with Crippen LogP contribution in [0, 0.1) is 33.6 Å². The van der Waals surface area contributed by atoms with E-state index in [1.54, 1.807) is 43.3 Å². The molecular weight excluding hydrogens is 522 g/mol. The molecule has 3 aromatic carbocycles. The quantitative estimate of drug-likeness (QED) is 0.343. The van der Waals surface area contributed by atoms with Crippen molar-refractivity contribution >= 4 is 27.5 Å². The third-order valence-corrected chi connectivity index (χ3v) is 8.50. The van der Waals surface area contributed by atoms with Gasteiger partial charge in [0, 0.05) is 13.1 Å². The lowest BCUT2D eigenvalue weighted by Gasteiger charge is -2.32. The topological polar surface area (TPSA) is 86.8 Å². The van der Waals surface area contributed by atoms with E-state index in [4.69, 9.17) is 0 Å². The van der Waals surface area contributed by atoms with Crippen LogP contribution >= 0.6 is 0 Å². The minimum Gasteiger partial charge on any atom is -0.354 e. The van der Waals surface area contributed by atoms with Gasteiger partial charge in [0.15, 0.2) is 0 Å². The van der Waals surface area contributed by atoms with Crippen molar-refractivity contribution in [3.05, 3.63) is 94.5 Å². The van der Waals surface area contributed by atoms with Crippen molar-refractivity contribution in [2.75, 3.05) is 17.4 Å². The number of nitrogens with zero attached hydrogens (tertiary/aromatic N) is 2. The summed E-state index contributed by atoms with van der Waals surface area (Å²) in [5.74, 6) is -0.506. The van der Waals surface area contributed by atoms with E-state index in [0.29, 0.717) is 12.2 Å². The number of hydrogen-bond donors (Lipinski definition) is 1. The standard InChI is InChI=1S/C32H41N3O4S/c1-22(2)19-33-32(37)27(7)34(20-28-12-8-23(3)9-13-28)31(36)21-35(29-17-25(5)16-26(6)18-29)40(38,39)30-14-10-24(4)11-15-30/h8-18,22,27H,19-21H2,1-7H3,(H,33,37)/t27-/m1/s1. The van der Waals surface area contributed by atoms with E-state index in [-0.39, 0.29) is 23.3 Å². The zero-order valence-corrected chi connectivity index (χ0v) is 25.4. The fourth-order valence-electron chi connectivity index (χ4n) is 4.39. The van der Waals surface area contributed by atoms with Crippen molar-refractivity contribution in [2.45, 2.75) is 65.9 Å². The van der Waals surface area contributed by atoms with E-state index in [1.807, 2.05) is 71.9 Å².